The standard InChI is InChI=1S/C35H25NS/c1-23-19-34-32(22-31(23)33-20-26(17-18-36(33)2)24-9-4-3-5-10-24)30-16-15-27(21-35(30)37-34)29-14-8-12-25-11-6-7-13-28(25)29/h3-22H,2H2,1H3. The lowest BCUT2D eigenvalue weighted by Crippen LogP contribution is -2.28. The van der Waals surface area contributed by atoms with Gasteiger partial charge in [-0.25, -0.2) is 0 Å². The number of fused-ring (bicyclic) bond motifs is 4. The summed E-state index contributed by atoms with van der Waals surface area (Å²) < 4.78 is 4.62. The SMILES string of the molecule is [CH2-][n+]1ccc(-c2ccccc2)cc1-c1cc2c(cc1C)sc1cc(-c3cccc4ccccc34)ccc12. The molecule has 0 aliphatic heterocycles. The summed E-state index contributed by atoms with van der Waals surface area (Å²) in [5.74, 6) is 0. The molecule has 2 aromatic heterocycles. The molecular formula is C35H25NS. The van der Waals surface area contributed by atoms with Gasteiger partial charge in [-0.05, 0) is 75.3 Å². The summed E-state index contributed by atoms with van der Waals surface area (Å²) in [6.45, 7) is 2.20. The van der Waals surface area contributed by atoms with Crippen molar-refractivity contribution in [3.05, 3.63) is 134 Å². The third kappa shape index (κ3) is 3.69. The van der Waals surface area contributed by atoms with Crippen LogP contribution in [0.2, 0.25) is 0 Å². The molecule has 5 aromatic carbocycles. The molecule has 1 nitrogen and oxygen atoms in total. The molecule has 2 heteroatoms. The van der Waals surface area contributed by atoms with Crippen molar-refractivity contribution in [2.45, 2.75) is 6.92 Å². The lowest BCUT2D eigenvalue weighted by molar-refractivity contribution is -0.600. The molecule has 37 heavy (non-hydrogen) atoms. The monoisotopic (exact) mass is 491 g/mol. The summed E-state index contributed by atoms with van der Waals surface area (Å²) in [5, 5.41) is 5.17. The molecule has 0 unspecified atom stereocenters. The first kappa shape index (κ1) is 21.8. The second kappa shape index (κ2) is 8.62. The van der Waals surface area contributed by atoms with Crippen LogP contribution in [0.4, 0.5) is 0 Å². The zero-order chi connectivity index (χ0) is 24.9. The van der Waals surface area contributed by atoms with Gasteiger partial charge in [-0.15, -0.1) is 11.3 Å². The van der Waals surface area contributed by atoms with E-state index in [-0.39, 0.29) is 0 Å². The van der Waals surface area contributed by atoms with Crippen molar-refractivity contribution in [1.82, 2.24) is 0 Å². The Hall–Kier alpha value is -4.40. The Kier molecular flexibility index (Phi) is 5.09. The van der Waals surface area contributed by atoms with Crippen LogP contribution in [0.25, 0.3) is 64.5 Å². The van der Waals surface area contributed by atoms with Gasteiger partial charge in [0.2, 0.25) is 0 Å². The van der Waals surface area contributed by atoms with Crippen LogP contribution in [-0.2, 0) is 0 Å². The fraction of sp³-hybridized carbons (Fsp3) is 0.0286. The Labute approximate surface area is 220 Å². The van der Waals surface area contributed by atoms with Crippen molar-refractivity contribution in [3.63, 3.8) is 0 Å². The van der Waals surface area contributed by atoms with Gasteiger partial charge in [0.15, 0.2) is 0 Å². The van der Waals surface area contributed by atoms with Crippen molar-refractivity contribution in [2.75, 3.05) is 0 Å². The molecule has 7 rings (SSSR count). The fourth-order valence-electron chi connectivity index (χ4n) is 5.42. The van der Waals surface area contributed by atoms with Gasteiger partial charge >= 0.3 is 0 Å². The summed E-state index contributed by atoms with van der Waals surface area (Å²) in [7, 11) is 4.29. The molecule has 176 valence electrons. The molecule has 0 N–H and O–H groups in total. The Balaban J connectivity index is 1.38. The highest BCUT2D eigenvalue weighted by molar-refractivity contribution is 7.25. The van der Waals surface area contributed by atoms with Crippen molar-refractivity contribution >= 4 is 42.3 Å². The average molecular weight is 492 g/mol. The second-order valence-corrected chi connectivity index (χ2v) is 10.7. The van der Waals surface area contributed by atoms with E-state index in [9.17, 15) is 0 Å². The van der Waals surface area contributed by atoms with Gasteiger partial charge in [0, 0.05) is 27.2 Å². The number of pyridine rings is 1. The maximum Gasteiger partial charge on any atom is 0.112 e. The molecule has 0 aliphatic rings. The van der Waals surface area contributed by atoms with Gasteiger partial charge in [0.05, 0.1) is 6.20 Å². The van der Waals surface area contributed by atoms with E-state index in [2.05, 4.69) is 135 Å². The molecule has 0 atom stereocenters. The van der Waals surface area contributed by atoms with Crippen molar-refractivity contribution in [2.24, 2.45) is 0 Å². The molecule has 0 fully saturated rings. The largest absolute Gasteiger partial charge is 0.333 e. The molecule has 7 aromatic rings. The summed E-state index contributed by atoms with van der Waals surface area (Å²) in [5.41, 5.74) is 8.56. The quantitative estimate of drug-likeness (QED) is 0.171. The number of benzene rings is 5. The molecule has 0 bridgehead atoms. The third-order valence-corrected chi connectivity index (χ3v) is 8.45. The molecular weight excluding hydrogens is 466 g/mol. The minimum absolute atomic E-state index is 1.12. The van der Waals surface area contributed by atoms with Crippen molar-refractivity contribution in [1.29, 1.82) is 0 Å². The van der Waals surface area contributed by atoms with E-state index in [1.807, 2.05) is 15.9 Å². The van der Waals surface area contributed by atoms with E-state index in [1.54, 1.807) is 0 Å². The molecule has 0 radical (unpaired) electrons. The van der Waals surface area contributed by atoms with Crippen LogP contribution >= 0.6 is 11.3 Å². The maximum atomic E-state index is 4.29. The summed E-state index contributed by atoms with van der Waals surface area (Å²) in [6.07, 6.45) is 2.06. The normalized spacial score (nSPS) is 11.5. The lowest BCUT2D eigenvalue weighted by Gasteiger charge is -2.13. The minimum Gasteiger partial charge on any atom is -0.333 e. The van der Waals surface area contributed by atoms with Crippen LogP contribution in [0.15, 0.2) is 121 Å². The molecule has 0 amide bonds. The Morgan fingerprint density at radius 3 is 2.24 bits per heavy atom. The van der Waals surface area contributed by atoms with Gasteiger partial charge in [-0.1, -0.05) is 91.0 Å². The predicted octanol–water partition coefficient (Wildman–Crippen LogP) is 9.44. The fourth-order valence-corrected chi connectivity index (χ4v) is 6.64. The van der Waals surface area contributed by atoms with Crippen LogP contribution in [-0.4, -0.2) is 0 Å². The van der Waals surface area contributed by atoms with E-state index >= 15 is 0 Å². The molecule has 0 saturated carbocycles. The minimum atomic E-state index is 1.12. The van der Waals surface area contributed by atoms with E-state index in [4.69, 9.17) is 0 Å². The predicted molar refractivity (Wildman–Crippen MR) is 159 cm³/mol. The second-order valence-electron chi connectivity index (χ2n) is 9.64. The average Bonchev–Trinajstić information content (AvgIpc) is 3.29. The Morgan fingerprint density at radius 2 is 1.35 bits per heavy atom. The van der Waals surface area contributed by atoms with Crippen LogP contribution in [0.1, 0.15) is 5.56 Å². The number of aromatic nitrogens is 1. The van der Waals surface area contributed by atoms with E-state index in [0.717, 1.165) is 5.69 Å². The zero-order valence-electron chi connectivity index (χ0n) is 20.6. The Morgan fingerprint density at radius 1 is 0.568 bits per heavy atom. The van der Waals surface area contributed by atoms with Crippen LogP contribution < -0.4 is 4.57 Å². The van der Waals surface area contributed by atoms with E-state index in [1.165, 1.54) is 64.3 Å². The summed E-state index contributed by atoms with van der Waals surface area (Å²) in [6, 6.07) is 41.7. The maximum absolute atomic E-state index is 4.29. The van der Waals surface area contributed by atoms with E-state index < -0.39 is 0 Å². The first-order valence-corrected chi connectivity index (χ1v) is 13.3. The lowest BCUT2D eigenvalue weighted by atomic mass is 9.96. The smallest absolute Gasteiger partial charge is 0.112 e. The molecule has 0 saturated heterocycles. The topological polar surface area (TPSA) is 3.88 Å². The van der Waals surface area contributed by atoms with Gasteiger partial charge in [0.1, 0.15) is 5.69 Å². The Bertz CT molecular complexity index is 1940. The zero-order valence-corrected chi connectivity index (χ0v) is 21.4. The van der Waals surface area contributed by atoms with Crippen LogP contribution in [0.5, 0.6) is 0 Å². The first-order valence-electron chi connectivity index (χ1n) is 12.5. The summed E-state index contributed by atoms with van der Waals surface area (Å²) >= 11 is 1.88. The van der Waals surface area contributed by atoms with Crippen LogP contribution in [0, 0.1) is 14.0 Å². The number of aryl methyl sites for hydroxylation is 1. The van der Waals surface area contributed by atoms with Gasteiger partial charge in [-0.3, -0.25) is 0 Å². The number of thiophene rings is 1. The van der Waals surface area contributed by atoms with Gasteiger partial charge in [0.25, 0.3) is 0 Å². The first-order chi connectivity index (χ1) is 18.2. The highest BCUT2D eigenvalue weighted by Crippen LogP contribution is 2.40. The van der Waals surface area contributed by atoms with Crippen molar-refractivity contribution < 1.29 is 4.57 Å². The molecule has 2 heterocycles. The van der Waals surface area contributed by atoms with Gasteiger partial charge in [-0.2, -0.15) is 0 Å². The number of hydrogen-bond donors (Lipinski definition) is 0. The molecule has 0 spiro atoms. The number of nitrogens with zero attached hydrogens (tertiary/aromatic N) is 1. The van der Waals surface area contributed by atoms with Crippen molar-refractivity contribution in [3.8, 4) is 33.5 Å². The third-order valence-electron chi connectivity index (χ3n) is 7.34. The van der Waals surface area contributed by atoms with Gasteiger partial charge < -0.3 is 4.57 Å². The number of hydrogen-bond acceptors (Lipinski definition) is 1. The van der Waals surface area contributed by atoms with Crippen LogP contribution in [0.3, 0.4) is 0 Å². The highest BCUT2D eigenvalue weighted by atomic mass is 32.1. The number of rotatable bonds is 3. The van der Waals surface area contributed by atoms with E-state index in [0.29, 0.717) is 0 Å². The molecule has 0 aliphatic carbocycles. The summed E-state index contributed by atoms with van der Waals surface area (Å²) in [4.78, 5) is 0. The highest BCUT2D eigenvalue weighted by Gasteiger charge is 2.14.